The molecule has 3 aromatic rings. The van der Waals surface area contributed by atoms with Gasteiger partial charge in [0.15, 0.2) is 29.1 Å². The minimum absolute atomic E-state index is 0. The quantitative estimate of drug-likeness (QED) is 0.194. The van der Waals surface area contributed by atoms with Crippen LogP contribution >= 0.6 is 0 Å². The summed E-state index contributed by atoms with van der Waals surface area (Å²) in [5.41, 5.74) is 5.28. The highest BCUT2D eigenvalue weighted by molar-refractivity contribution is 5.97. The molecule has 49 heavy (non-hydrogen) atoms. The summed E-state index contributed by atoms with van der Waals surface area (Å²) >= 11 is 0. The Hall–Kier alpha value is -4.27. The van der Waals surface area contributed by atoms with Gasteiger partial charge in [0.05, 0.1) is 11.9 Å². The van der Waals surface area contributed by atoms with E-state index < -0.39 is 6.29 Å². The molecule has 0 spiro atoms. The first-order valence-corrected chi connectivity index (χ1v) is 17.9. The molecule has 1 aliphatic carbocycles. The zero-order valence-electron chi connectivity index (χ0n) is 31.1. The summed E-state index contributed by atoms with van der Waals surface area (Å²) in [7, 11) is 0. The zero-order chi connectivity index (χ0) is 36.3. The molecule has 2 radical (unpaired) electrons. The van der Waals surface area contributed by atoms with E-state index in [1.165, 1.54) is 31.7 Å². The molecule has 0 saturated heterocycles. The molecule has 9 heteroatoms. The summed E-state index contributed by atoms with van der Waals surface area (Å²) in [6, 6.07) is 5.22. The fourth-order valence-electron chi connectivity index (χ4n) is 5.41. The second-order valence-corrected chi connectivity index (χ2v) is 11.7. The van der Waals surface area contributed by atoms with Gasteiger partial charge in [-0.3, -0.25) is 14.6 Å². The highest BCUT2D eigenvalue weighted by Crippen LogP contribution is 2.26. The van der Waals surface area contributed by atoms with Gasteiger partial charge in [-0.25, -0.2) is 9.98 Å². The Labute approximate surface area is 295 Å². The maximum atomic E-state index is 12.7. The van der Waals surface area contributed by atoms with Gasteiger partial charge in [-0.1, -0.05) is 81.1 Å². The van der Waals surface area contributed by atoms with Crippen molar-refractivity contribution < 1.29 is 10.6 Å². The summed E-state index contributed by atoms with van der Waals surface area (Å²) in [6.07, 6.45) is 16.1. The normalized spacial score (nSPS) is 15.6. The van der Waals surface area contributed by atoms with Gasteiger partial charge in [0.25, 0.3) is 0 Å². The van der Waals surface area contributed by atoms with Crippen molar-refractivity contribution in [3.63, 3.8) is 0 Å². The van der Waals surface area contributed by atoms with E-state index in [0.29, 0.717) is 49.4 Å². The van der Waals surface area contributed by atoms with Crippen molar-refractivity contribution in [1.29, 1.82) is 0 Å². The van der Waals surface area contributed by atoms with E-state index in [-0.39, 0.29) is 18.2 Å². The first kappa shape index (κ1) is 40.9. The van der Waals surface area contributed by atoms with Crippen molar-refractivity contribution in [3.05, 3.63) is 83.8 Å². The third-order valence-corrected chi connectivity index (χ3v) is 8.02. The molecule has 0 bridgehead atoms. The largest absolute Gasteiger partial charge is 0.439 e. The summed E-state index contributed by atoms with van der Waals surface area (Å²) in [5, 5.41) is 6.64. The predicted octanol–water partition coefficient (Wildman–Crippen LogP) is 9.57. The number of carbonyl (C=O) groups excluding carboxylic acids is 1. The summed E-state index contributed by atoms with van der Waals surface area (Å²) < 4.78 is 6.11. The van der Waals surface area contributed by atoms with E-state index in [2.05, 4.69) is 46.4 Å². The number of pyridine rings is 2. The molecule has 2 aliphatic rings. The third-order valence-electron chi connectivity index (χ3n) is 8.02. The van der Waals surface area contributed by atoms with Gasteiger partial charge in [-0.2, -0.15) is 0 Å². The average Bonchev–Trinajstić information content (AvgIpc) is 3.61. The van der Waals surface area contributed by atoms with E-state index in [0.717, 1.165) is 34.0 Å². The summed E-state index contributed by atoms with van der Waals surface area (Å²) in [6.45, 7) is 25.1. The number of fused-ring (bicyclic) bond motifs is 1. The van der Waals surface area contributed by atoms with Crippen LogP contribution in [0.5, 0.6) is 0 Å². The zero-order valence-corrected chi connectivity index (χ0v) is 31.1. The van der Waals surface area contributed by atoms with Gasteiger partial charge < -0.3 is 20.0 Å². The Bertz CT molecular complexity index is 1620. The van der Waals surface area contributed by atoms with Crippen LogP contribution < -0.4 is 21.0 Å². The molecule has 1 aliphatic heterocycles. The number of Topliss-reactive ketones (excluding diaryl/α,β-unsaturated/α-hetero) is 1. The second kappa shape index (κ2) is 21.6. The Morgan fingerprint density at radius 2 is 1.71 bits per heavy atom. The average molecular weight is 673 g/mol. The molecule has 3 aromatic heterocycles. The molecular weight excluding hydrogens is 612 g/mol. The number of hydrogen-bond donors (Lipinski definition) is 2. The first-order chi connectivity index (χ1) is 23.7. The van der Waals surface area contributed by atoms with Crippen molar-refractivity contribution in [2.45, 2.75) is 107 Å². The Morgan fingerprint density at radius 3 is 2.29 bits per heavy atom. The molecular formula is C40H60N6O3. The minimum Gasteiger partial charge on any atom is -0.439 e. The predicted molar refractivity (Wildman–Crippen MR) is 209 cm³/mol. The number of carbonyl (C=O) groups is 1. The van der Waals surface area contributed by atoms with E-state index >= 15 is 0 Å². The molecule has 268 valence electrons. The number of aromatic nitrogens is 2. The van der Waals surface area contributed by atoms with Crippen LogP contribution in [0.25, 0.3) is 22.2 Å². The van der Waals surface area contributed by atoms with Gasteiger partial charge in [0, 0.05) is 68.0 Å². The lowest BCUT2D eigenvalue weighted by molar-refractivity contribution is -0.115. The fraction of sp³-hybridized carbons (Fsp3) is 0.475. The molecule has 0 aromatic carbocycles. The van der Waals surface area contributed by atoms with Crippen LogP contribution in [0.1, 0.15) is 102 Å². The maximum absolute atomic E-state index is 12.7. The van der Waals surface area contributed by atoms with Gasteiger partial charge in [0.1, 0.15) is 0 Å². The van der Waals surface area contributed by atoms with Crippen LogP contribution in [0.4, 0.5) is 11.6 Å². The number of nitrogens with one attached hydrogen (secondary N) is 2. The smallest absolute Gasteiger partial charge is 0.213 e. The van der Waals surface area contributed by atoms with Gasteiger partial charge in [-0.15, -0.1) is 0 Å². The van der Waals surface area contributed by atoms with Gasteiger partial charge in [0.2, 0.25) is 5.43 Å². The number of nitrogens with zero attached hydrogens (tertiary/aromatic N) is 4. The van der Waals surface area contributed by atoms with E-state index in [1.807, 2.05) is 71.6 Å². The number of ketones is 1. The number of rotatable bonds is 11. The van der Waals surface area contributed by atoms with Crippen LogP contribution in [0.3, 0.4) is 0 Å². The molecule has 1 unspecified atom stereocenters. The monoisotopic (exact) mass is 672 g/mol. The molecule has 5 rings (SSSR count). The Morgan fingerprint density at radius 1 is 1.06 bits per heavy atom. The highest BCUT2D eigenvalue weighted by atomic mass is 16.4. The van der Waals surface area contributed by atoms with Crippen molar-refractivity contribution in [3.8, 4) is 11.1 Å². The highest BCUT2D eigenvalue weighted by Gasteiger charge is 2.16. The molecule has 0 amide bonds. The van der Waals surface area contributed by atoms with Crippen LogP contribution in [0.2, 0.25) is 0 Å². The van der Waals surface area contributed by atoms with Crippen LogP contribution in [-0.2, 0) is 4.79 Å². The summed E-state index contributed by atoms with van der Waals surface area (Å²) in [5.74, 6) is 1.64. The van der Waals surface area contributed by atoms with Crippen molar-refractivity contribution >= 4 is 34.7 Å². The lowest BCUT2D eigenvalue weighted by Gasteiger charge is -2.23. The molecule has 9 nitrogen and oxygen atoms in total. The van der Waals surface area contributed by atoms with Crippen molar-refractivity contribution in [1.82, 2.24) is 15.3 Å². The molecule has 4 heterocycles. The molecule has 1 fully saturated rings. The molecule has 1 saturated carbocycles. The van der Waals surface area contributed by atoms with Crippen LogP contribution in [0, 0.1) is 19.8 Å². The lowest BCUT2D eigenvalue weighted by Crippen LogP contribution is -2.36. The number of aliphatic imine (C=N–C) groups is 1. The van der Waals surface area contributed by atoms with Gasteiger partial charge in [-0.05, 0) is 56.4 Å². The first-order valence-electron chi connectivity index (χ1n) is 17.9. The van der Waals surface area contributed by atoms with Gasteiger partial charge >= 0.3 is 0 Å². The summed E-state index contributed by atoms with van der Waals surface area (Å²) in [4.78, 5) is 39.9. The van der Waals surface area contributed by atoms with Crippen LogP contribution in [-0.4, -0.2) is 41.3 Å². The van der Waals surface area contributed by atoms with Crippen molar-refractivity contribution in [2.75, 3.05) is 23.3 Å². The minimum atomic E-state index is -0.399. The number of hydrogen-bond acceptors (Lipinski definition) is 9. The Kier molecular flexibility index (Phi) is 18.1. The number of anilines is 2. The van der Waals surface area contributed by atoms with E-state index in [1.54, 1.807) is 24.8 Å². The topological polar surface area (TPSA) is 113 Å². The molecule has 1 atom stereocenters. The third kappa shape index (κ3) is 12.3. The van der Waals surface area contributed by atoms with E-state index in [9.17, 15) is 9.59 Å². The molecule has 2 N–H and O–H groups in total. The van der Waals surface area contributed by atoms with E-state index in [4.69, 9.17) is 4.42 Å². The standard InChI is InChI=1S/C30H34N6O3.C6H12.2C2H6.H2/c1-6-9-36(10-7-2)28-14-26(38)29-27(39-28)13-23(17-32-29)22-12-24(18-31-15-22)35-30-33-16-21(20(5)34-30)11-19(4)25(37)8-3;1-6-4-2-3-5-6;2*1-2;/h11-18,30,34-35H,1-2,6-10H2,3-5H3;6H,2-5H2,1H3;2*1-2H3;1H/b19-11+;;;;. The second-order valence-electron chi connectivity index (χ2n) is 11.7. The van der Waals surface area contributed by atoms with Crippen molar-refractivity contribution in [2.24, 2.45) is 10.9 Å². The maximum Gasteiger partial charge on any atom is 0.213 e. The van der Waals surface area contributed by atoms with Crippen LogP contribution in [0.15, 0.2) is 73.9 Å². The SMILES string of the molecule is CC.CC.CC1CCCC1.[CH2]CCN(CC[CH2])c1cc(=O)c2ncc(-c3cncc(NC4N=CC(/C=C(\C)C(=O)CC)=C(C)N4)c3)cc2o1.[HH]. The number of allylic oxidation sites excluding steroid dienone is 4. The Balaban J connectivity index is 0.000000999. The fourth-order valence-corrected chi connectivity index (χ4v) is 5.41. The lowest BCUT2D eigenvalue weighted by atomic mass is 10.1.